The van der Waals surface area contributed by atoms with Crippen LogP contribution in [0.2, 0.25) is 0 Å². The maximum atomic E-state index is 13.2. The number of hydrogen-bond donors (Lipinski definition) is 1. The normalized spacial score (nSPS) is 21.4. The van der Waals surface area contributed by atoms with E-state index in [1.807, 2.05) is 0 Å². The Morgan fingerprint density at radius 2 is 1.47 bits per heavy atom. The third-order valence-electron chi connectivity index (χ3n) is 6.74. The molecule has 0 radical (unpaired) electrons. The van der Waals surface area contributed by atoms with E-state index in [1.54, 1.807) is 12.1 Å². The zero-order valence-electron chi connectivity index (χ0n) is 18.0. The molecule has 2 fully saturated rings. The van der Waals surface area contributed by atoms with Gasteiger partial charge in [-0.1, -0.05) is 60.7 Å². The minimum atomic E-state index is -0.331. The average Bonchev–Trinajstić information content (AvgIpc) is 3.23. The molecule has 3 aromatic carbocycles. The number of fused-ring (bicyclic) bond motifs is 1. The van der Waals surface area contributed by atoms with Gasteiger partial charge in [0.2, 0.25) is 0 Å². The van der Waals surface area contributed by atoms with Gasteiger partial charge >= 0.3 is 0 Å². The summed E-state index contributed by atoms with van der Waals surface area (Å²) in [4.78, 5) is 17.7. The number of carbonyl (C=O) groups excluding carboxylic acids is 1. The largest absolute Gasteiger partial charge is 0.336 e. The van der Waals surface area contributed by atoms with Crippen LogP contribution in [0.3, 0.4) is 0 Å². The first-order chi connectivity index (χ1) is 15.7. The molecule has 0 saturated carbocycles. The minimum Gasteiger partial charge on any atom is -0.336 e. The second-order valence-electron chi connectivity index (χ2n) is 8.71. The molecule has 4 nitrogen and oxygen atoms in total. The molecular formula is C27H28FN3O. The lowest BCUT2D eigenvalue weighted by molar-refractivity contribution is 0.0137. The maximum Gasteiger partial charge on any atom is 0.252 e. The molecule has 1 N–H and O–H groups in total. The Morgan fingerprint density at radius 1 is 0.844 bits per heavy atom. The Kier molecular flexibility index (Phi) is 6.02. The van der Waals surface area contributed by atoms with E-state index in [9.17, 15) is 9.18 Å². The van der Waals surface area contributed by atoms with E-state index in [0.29, 0.717) is 11.6 Å². The van der Waals surface area contributed by atoms with Gasteiger partial charge in [0, 0.05) is 18.2 Å². The number of benzene rings is 3. The monoisotopic (exact) mass is 429 g/mol. The molecule has 2 aliphatic heterocycles. The molecule has 5 heteroatoms. The van der Waals surface area contributed by atoms with Crippen molar-refractivity contribution in [3.8, 4) is 0 Å². The Balaban J connectivity index is 1.35. The maximum absolute atomic E-state index is 13.2. The summed E-state index contributed by atoms with van der Waals surface area (Å²) in [6.45, 7) is 1.82. The lowest BCUT2D eigenvalue weighted by Gasteiger charge is -2.44. The summed E-state index contributed by atoms with van der Waals surface area (Å²) < 4.78 is 13.2. The number of nitrogens with zero attached hydrogens (tertiary/aromatic N) is 2. The van der Waals surface area contributed by atoms with Crippen molar-refractivity contribution in [3.05, 3.63) is 107 Å². The average molecular weight is 430 g/mol. The van der Waals surface area contributed by atoms with Crippen LogP contribution in [0, 0.1) is 5.82 Å². The lowest BCUT2D eigenvalue weighted by atomic mass is 9.96. The first kappa shape index (κ1) is 20.9. The third-order valence-corrected chi connectivity index (χ3v) is 6.74. The van der Waals surface area contributed by atoms with Crippen molar-refractivity contribution in [2.24, 2.45) is 0 Å². The van der Waals surface area contributed by atoms with Crippen molar-refractivity contribution >= 4 is 5.91 Å². The summed E-state index contributed by atoms with van der Waals surface area (Å²) in [6.07, 6.45) is 3.10. The van der Waals surface area contributed by atoms with Crippen molar-refractivity contribution in [2.75, 3.05) is 13.2 Å². The van der Waals surface area contributed by atoms with Crippen LogP contribution in [0.4, 0.5) is 4.39 Å². The predicted molar refractivity (Wildman–Crippen MR) is 123 cm³/mol. The van der Waals surface area contributed by atoms with Crippen molar-refractivity contribution in [3.63, 3.8) is 0 Å². The Bertz CT molecular complexity index is 1000. The van der Waals surface area contributed by atoms with Crippen LogP contribution in [0.25, 0.3) is 0 Å². The molecule has 2 saturated heterocycles. The molecule has 2 aliphatic rings. The number of rotatable bonds is 5. The quantitative estimate of drug-likeness (QED) is 0.633. The van der Waals surface area contributed by atoms with Gasteiger partial charge in [-0.05, 0) is 54.7 Å². The van der Waals surface area contributed by atoms with Gasteiger partial charge in [-0.3, -0.25) is 14.6 Å². The second-order valence-corrected chi connectivity index (χ2v) is 8.71. The first-order valence-corrected chi connectivity index (χ1v) is 11.3. The standard InChI is InChI=1S/C27H28FN3O/c28-23-13-11-22(12-14-23)27(32)29-25-16-15-24-17-18-30(19-31(24)25)26(20-7-3-1-4-8-20)21-9-5-2-6-10-21/h1-14,24-26H,15-19H2,(H,29,32)/t24-,25-/m0/s1. The van der Waals surface area contributed by atoms with Crippen LogP contribution in [0.1, 0.15) is 46.8 Å². The zero-order chi connectivity index (χ0) is 21.9. The molecule has 2 atom stereocenters. The molecule has 0 unspecified atom stereocenters. The van der Waals surface area contributed by atoms with Crippen LogP contribution < -0.4 is 5.32 Å². The highest BCUT2D eigenvalue weighted by atomic mass is 19.1. The smallest absolute Gasteiger partial charge is 0.252 e. The fourth-order valence-electron chi connectivity index (χ4n) is 5.14. The SMILES string of the molecule is O=C(N[C@@H]1CC[C@H]2CCN(C(c3ccccc3)c3ccccc3)CN21)c1ccc(F)cc1. The third kappa shape index (κ3) is 4.31. The molecule has 5 rings (SSSR count). The number of nitrogens with one attached hydrogen (secondary N) is 1. The van der Waals surface area contributed by atoms with Crippen LogP contribution in [0.5, 0.6) is 0 Å². The Labute approximate surface area is 188 Å². The summed E-state index contributed by atoms with van der Waals surface area (Å²) in [5, 5.41) is 3.19. The van der Waals surface area contributed by atoms with Gasteiger partial charge in [0.15, 0.2) is 0 Å². The molecule has 3 aromatic rings. The van der Waals surface area contributed by atoms with Gasteiger partial charge in [-0.2, -0.15) is 0 Å². The van der Waals surface area contributed by atoms with Gasteiger partial charge in [0.25, 0.3) is 5.91 Å². The fraction of sp³-hybridized carbons (Fsp3) is 0.296. The molecule has 0 aliphatic carbocycles. The minimum absolute atomic E-state index is 0.00690. The van der Waals surface area contributed by atoms with E-state index in [0.717, 1.165) is 32.5 Å². The summed E-state index contributed by atoms with van der Waals surface area (Å²) in [5.74, 6) is -0.475. The summed E-state index contributed by atoms with van der Waals surface area (Å²) in [7, 11) is 0. The van der Waals surface area contributed by atoms with Gasteiger partial charge in [-0.25, -0.2) is 4.39 Å². The molecule has 1 amide bonds. The summed E-state index contributed by atoms with van der Waals surface area (Å²) >= 11 is 0. The predicted octanol–water partition coefficient (Wildman–Crippen LogP) is 4.80. The molecule has 2 heterocycles. The van der Waals surface area contributed by atoms with Gasteiger partial charge in [0.05, 0.1) is 18.9 Å². The van der Waals surface area contributed by atoms with Gasteiger partial charge in [-0.15, -0.1) is 0 Å². The second kappa shape index (κ2) is 9.23. The Hall–Kier alpha value is -3.02. The zero-order valence-corrected chi connectivity index (χ0v) is 18.0. The van der Waals surface area contributed by atoms with Crippen LogP contribution >= 0.6 is 0 Å². The van der Waals surface area contributed by atoms with E-state index in [4.69, 9.17) is 0 Å². The van der Waals surface area contributed by atoms with Crippen LogP contribution in [-0.2, 0) is 0 Å². The van der Waals surface area contributed by atoms with Crippen molar-refractivity contribution in [1.82, 2.24) is 15.1 Å². The highest BCUT2D eigenvalue weighted by Crippen LogP contribution is 2.35. The molecule has 0 spiro atoms. The summed E-state index contributed by atoms with van der Waals surface area (Å²) in [6, 6.07) is 27.7. The molecular weight excluding hydrogens is 401 g/mol. The molecule has 0 aromatic heterocycles. The van der Waals surface area contributed by atoms with Crippen LogP contribution in [-0.4, -0.2) is 41.1 Å². The van der Waals surface area contributed by atoms with E-state index < -0.39 is 0 Å². The molecule has 164 valence electrons. The highest BCUT2D eigenvalue weighted by molar-refractivity contribution is 5.94. The topological polar surface area (TPSA) is 35.6 Å². The van der Waals surface area contributed by atoms with Crippen molar-refractivity contribution < 1.29 is 9.18 Å². The number of hydrogen-bond acceptors (Lipinski definition) is 3. The van der Waals surface area contributed by atoms with Crippen molar-refractivity contribution in [1.29, 1.82) is 0 Å². The van der Waals surface area contributed by atoms with E-state index in [1.165, 1.54) is 23.3 Å². The van der Waals surface area contributed by atoms with Crippen molar-refractivity contribution in [2.45, 2.75) is 37.5 Å². The van der Waals surface area contributed by atoms with Gasteiger partial charge in [0.1, 0.15) is 5.82 Å². The first-order valence-electron chi connectivity index (χ1n) is 11.3. The molecule has 32 heavy (non-hydrogen) atoms. The number of carbonyl (C=O) groups is 1. The number of amides is 1. The Morgan fingerprint density at radius 3 is 2.09 bits per heavy atom. The van der Waals surface area contributed by atoms with E-state index in [2.05, 4.69) is 75.8 Å². The molecule has 0 bridgehead atoms. The fourth-order valence-corrected chi connectivity index (χ4v) is 5.14. The summed E-state index contributed by atoms with van der Waals surface area (Å²) in [5.41, 5.74) is 3.06. The number of halogens is 1. The van der Waals surface area contributed by atoms with Gasteiger partial charge < -0.3 is 5.32 Å². The highest BCUT2D eigenvalue weighted by Gasteiger charge is 2.40. The van der Waals surface area contributed by atoms with E-state index in [-0.39, 0.29) is 23.9 Å². The lowest BCUT2D eigenvalue weighted by Crippen LogP contribution is -2.55. The van der Waals surface area contributed by atoms with Crippen LogP contribution in [0.15, 0.2) is 84.9 Å². The van der Waals surface area contributed by atoms with E-state index >= 15 is 0 Å².